The summed E-state index contributed by atoms with van der Waals surface area (Å²) in [5.41, 5.74) is 2.73. The maximum absolute atomic E-state index is 12.2. The fourth-order valence-corrected chi connectivity index (χ4v) is 1.94. The van der Waals surface area contributed by atoms with Gasteiger partial charge in [-0.3, -0.25) is 5.10 Å². The fourth-order valence-electron chi connectivity index (χ4n) is 1.74. The third-order valence-electron chi connectivity index (χ3n) is 2.87. The second-order valence-corrected chi connectivity index (χ2v) is 4.64. The lowest BCUT2D eigenvalue weighted by molar-refractivity contribution is -0.274. The molecular weight excluding hydrogens is 289 g/mol. The monoisotopic (exact) mass is 300 g/mol. The summed E-state index contributed by atoms with van der Waals surface area (Å²) < 4.78 is 41.0. The van der Waals surface area contributed by atoms with E-state index < -0.39 is 6.36 Å². The molecule has 7 heteroatoms. The van der Waals surface area contributed by atoms with Crippen molar-refractivity contribution >= 4 is 12.2 Å². The quantitative estimate of drug-likeness (QED) is 0.839. The highest BCUT2D eigenvalue weighted by atomic mass is 32.1. The fraction of sp³-hybridized carbons (Fsp3) is 0.231. The predicted molar refractivity (Wildman–Crippen MR) is 71.0 cm³/mol. The standard InChI is InChI=1S/C13H11F3N2OS/c1-7-8(2)12(20)18-17-11(7)9-4-3-5-10(6-9)19-13(14,15)16/h3-6H,1-2H3,(H,18,20). The van der Waals surface area contributed by atoms with Crippen LogP contribution in [0.2, 0.25) is 0 Å². The Morgan fingerprint density at radius 3 is 2.55 bits per heavy atom. The van der Waals surface area contributed by atoms with Crippen molar-refractivity contribution in [2.24, 2.45) is 0 Å². The van der Waals surface area contributed by atoms with Gasteiger partial charge in [-0.05, 0) is 37.1 Å². The molecule has 1 aromatic heterocycles. The summed E-state index contributed by atoms with van der Waals surface area (Å²) in [6.45, 7) is 3.65. The van der Waals surface area contributed by atoms with Crippen LogP contribution in [0.4, 0.5) is 13.2 Å². The van der Waals surface area contributed by atoms with Crippen molar-refractivity contribution < 1.29 is 17.9 Å². The molecule has 0 unspecified atom stereocenters. The zero-order valence-electron chi connectivity index (χ0n) is 10.7. The van der Waals surface area contributed by atoms with Crippen molar-refractivity contribution in [3.05, 3.63) is 40.0 Å². The molecule has 106 valence electrons. The van der Waals surface area contributed by atoms with Gasteiger partial charge < -0.3 is 4.74 Å². The van der Waals surface area contributed by atoms with Gasteiger partial charge in [-0.25, -0.2) is 0 Å². The highest BCUT2D eigenvalue weighted by Gasteiger charge is 2.31. The lowest BCUT2D eigenvalue weighted by Gasteiger charge is -2.11. The minimum atomic E-state index is -4.71. The number of hydrogen-bond donors (Lipinski definition) is 1. The summed E-state index contributed by atoms with van der Waals surface area (Å²) >= 11 is 5.06. The smallest absolute Gasteiger partial charge is 0.406 e. The van der Waals surface area contributed by atoms with E-state index in [2.05, 4.69) is 14.9 Å². The minimum Gasteiger partial charge on any atom is -0.406 e. The van der Waals surface area contributed by atoms with Crippen molar-refractivity contribution in [1.82, 2.24) is 10.2 Å². The van der Waals surface area contributed by atoms with Gasteiger partial charge in [0.05, 0.1) is 5.69 Å². The molecule has 0 fully saturated rings. The van der Waals surface area contributed by atoms with E-state index in [-0.39, 0.29) is 5.75 Å². The number of aromatic nitrogens is 2. The molecule has 0 radical (unpaired) electrons. The van der Waals surface area contributed by atoms with Crippen LogP contribution in [0, 0.1) is 18.5 Å². The van der Waals surface area contributed by atoms with E-state index in [4.69, 9.17) is 12.2 Å². The zero-order valence-corrected chi connectivity index (χ0v) is 11.5. The molecule has 3 nitrogen and oxygen atoms in total. The molecule has 0 amide bonds. The number of halogens is 3. The van der Waals surface area contributed by atoms with E-state index in [9.17, 15) is 13.2 Å². The number of hydrogen-bond acceptors (Lipinski definition) is 3. The molecule has 1 heterocycles. The molecule has 0 aliphatic carbocycles. The number of benzene rings is 1. The first kappa shape index (κ1) is 14.5. The highest BCUT2D eigenvalue weighted by Crippen LogP contribution is 2.29. The SMILES string of the molecule is Cc1c(-c2cccc(OC(F)(F)F)c2)n[nH]c(=S)c1C. The van der Waals surface area contributed by atoms with Crippen LogP contribution in [0.5, 0.6) is 5.75 Å². The van der Waals surface area contributed by atoms with Gasteiger partial charge in [0.15, 0.2) is 0 Å². The molecule has 0 spiro atoms. The maximum atomic E-state index is 12.2. The third-order valence-corrected chi connectivity index (χ3v) is 3.27. The number of rotatable bonds is 2. The van der Waals surface area contributed by atoms with Gasteiger partial charge in [-0.15, -0.1) is 13.2 Å². The summed E-state index contributed by atoms with van der Waals surface area (Å²) in [7, 11) is 0. The Balaban J connectivity index is 2.47. The molecule has 0 bridgehead atoms. The normalized spacial score (nSPS) is 11.4. The molecule has 20 heavy (non-hydrogen) atoms. The third kappa shape index (κ3) is 3.16. The Bertz CT molecular complexity index is 695. The number of nitrogens with zero attached hydrogens (tertiary/aromatic N) is 1. The van der Waals surface area contributed by atoms with Crippen LogP contribution >= 0.6 is 12.2 Å². The minimum absolute atomic E-state index is 0.281. The first-order chi connectivity index (χ1) is 9.28. The van der Waals surface area contributed by atoms with Crippen LogP contribution in [0.3, 0.4) is 0 Å². The van der Waals surface area contributed by atoms with Crippen molar-refractivity contribution in [3.63, 3.8) is 0 Å². The summed E-state index contributed by atoms with van der Waals surface area (Å²) in [6.07, 6.45) is -4.71. The number of nitrogens with one attached hydrogen (secondary N) is 1. The number of alkyl halides is 3. The number of aromatic amines is 1. The van der Waals surface area contributed by atoms with E-state index in [0.29, 0.717) is 15.9 Å². The van der Waals surface area contributed by atoms with Gasteiger partial charge in [-0.2, -0.15) is 5.10 Å². The lowest BCUT2D eigenvalue weighted by Crippen LogP contribution is -2.17. The Morgan fingerprint density at radius 2 is 1.90 bits per heavy atom. The second-order valence-electron chi connectivity index (χ2n) is 4.23. The second kappa shape index (κ2) is 5.24. The molecular formula is C13H11F3N2OS. The van der Waals surface area contributed by atoms with Crippen molar-refractivity contribution in [2.45, 2.75) is 20.2 Å². The molecule has 1 N–H and O–H groups in total. The topological polar surface area (TPSA) is 37.9 Å². The molecule has 0 aliphatic heterocycles. The van der Waals surface area contributed by atoms with Crippen LogP contribution in [-0.4, -0.2) is 16.6 Å². The van der Waals surface area contributed by atoms with Gasteiger partial charge in [0.2, 0.25) is 0 Å². The van der Waals surface area contributed by atoms with Crippen LogP contribution in [0.15, 0.2) is 24.3 Å². The average molecular weight is 300 g/mol. The zero-order chi connectivity index (χ0) is 14.9. The van der Waals surface area contributed by atoms with Crippen molar-refractivity contribution in [3.8, 4) is 17.0 Å². The van der Waals surface area contributed by atoms with E-state index in [1.165, 1.54) is 18.2 Å². The summed E-state index contributed by atoms with van der Waals surface area (Å²) in [4.78, 5) is 0. The Kier molecular flexibility index (Phi) is 3.80. The van der Waals surface area contributed by atoms with Gasteiger partial charge in [0.1, 0.15) is 10.4 Å². The Labute approximate surface area is 118 Å². The Hall–Kier alpha value is -1.89. The van der Waals surface area contributed by atoms with Crippen LogP contribution in [0.1, 0.15) is 11.1 Å². The van der Waals surface area contributed by atoms with Crippen LogP contribution < -0.4 is 4.74 Å². The van der Waals surface area contributed by atoms with E-state index in [1.807, 2.05) is 13.8 Å². The summed E-state index contributed by atoms with van der Waals surface area (Å²) in [5, 5.41) is 6.76. The van der Waals surface area contributed by atoms with Crippen LogP contribution in [-0.2, 0) is 0 Å². The van der Waals surface area contributed by atoms with Gasteiger partial charge in [0.25, 0.3) is 0 Å². The highest BCUT2D eigenvalue weighted by molar-refractivity contribution is 7.71. The Morgan fingerprint density at radius 1 is 1.20 bits per heavy atom. The molecule has 0 aliphatic rings. The van der Waals surface area contributed by atoms with Gasteiger partial charge >= 0.3 is 6.36 Å². The van der Waals surface area contributed by atoms with E-state index >= 15 is 0 Å². The molecule has 2 rings (SSSR count). The first-order valence-electron chi connectivity index (χ1n) is 5.70. The van der Waals surface area contributed by atoms with E-state index in [0.717, 1.165) is 11.1 Å². The summed E-state index contributed by atoms with van der Waals surface area (Å²) in [5.74, 6) is -0.281. The van der Waals surface area contributed by atoms with E-state index in [1.54, 1.807) is 6.07 Å². The van der Waals surface area contributed by atoms with Gasteiger partial charge in [0, 0.05) is 5.56 Å². The molecule has 0 atom stereocenters. The number of ether oxygens (including phenoxy) is 1. The number of H-pyrrole nitrogens is 1. The lowest BCUT2D eigenvalue weighted by atomic mass is 10.0. The van der Waals surface area contributed by atoms with Crippen molar-refractivity contribution in [1.29, 1.82) is 0 Å². The largest absolute Gasteiger partial charge is 0.573 e. The summed E-state index contributed by atoms with van der Waals surface area (Å²) in [6, 6.07) is 5.67. The predicted octanol–water partition coefficient (Wildman–Crippen LogP) is 4.32. The molecule has 1 aromatic carbocycles. The van der Waals surface area contributed by atoms with Gasteiger partial charge in [-0.1, -0.05) is 24.4 Å². The van der Waals surface area contributed by atoms with Crippen molar-refractivity contribution in [2.75, 3.05) is 0 Å². The first-order valence-corrected chi connectivity index (χ1v) is 6.11. The van der Waals surface area contributed by atoms with Crippen LogP contribution in [0.25, 0.3) is 11.3 Å². The molecule has 0 saturated carbocycles. The maximum Gasteiger partial charge on any atom is 0.573 e. The molecule has 0 saturated heterocycles. The molecule has 2 aromatic rings. The average Bonchev–Trinajstić information content (AvgIpc) is 2.34.